The van der Waals surface area contributed by atoms with E-state index in [4.69, 9.17) is 11.6 Å². The molecule has 0 aliphatic heterocycles. The van der Waals surface area contributed by atoms with Gasteiger partial charge in [-0.05, 0) is 37.8 Å². The molecular weight excluding hydrogens is 354 g/mol. The number of aliphatic hydroxyl groups excluding tert-OH is 1. The molecule has 1 aliphatic carbocycles. The molecule has 0 bridgehead atoms. The van der Waals surface area contributed by atoms with E-state index >= 15 is 0 Å². The number of anilines is 1. The van der Waals surface area contributed by atoms with Crippen molar-refractivity contribution in [2.24, 2.45) is 0 Å². The van der Waals surface area contributed by atoms with Crippen molar-refractivity contribution in [3.05, 3.63) is 29.7 Å². The summed E-state index contributed by atoms with van der Waals surface area (Å²) in [4.78, 5) is 4.02. The molecule has 0 unspecified atom stereocenters. The summed E-state index contributed by atoms with van der Waals surface area (Å²) in [6.45, 7) is -2.96. The third-order valence-electron chi connectivity index (χ3n) is 4.53. The Labute approximate surface area is 148 Å². The van der Waals surface area contributed by atoms with E-state index in [-0.39, 0.29) is 17.8 Å². The van der Waals surface area contributed by atoms with E-state index in [0.29, 0.717) is 47.3 Å². The topological polar surface area (TPSA) is 83.2 Å². The normalized spacial score (nSPS) is 23.8. The number of hydrogen-bond donors (Lipinski definition) is 3. The second-order valence-electron chi connectivity index (χ2n) is 6.31. The van der Waals surface area contributed by atoms with Gasteiger partial charge in [0.15, 0.2) is 0 Å². The SMILES string of the molecule is OCC1(O)CCC(Nc2cc(Cl)ncc2-c2ccn(C(F)F)n2)CC1. The van der Waals surface area contributed by atoms with Gasteiger partial charge in [-0.3, -0.25) is 0 Å². The number of hydrogen-bond acceptors (Lipinski definition) is 5. The lowest BCUT2D eigenvalue weighted by atomic mass is 9.82. The van der Waals surface area contributed by atoms with E-state index in [1.165, 1.54) is 18.5 Å². The lowest BCUT2D eigenvalue weighted by Gasteiger charge is -2.35. The first kappa shape index (κ1) is 18.0. The molecule has 0 atom stereocenters. The number of aromatic nitrogens is 3. The highest BCUT2D eigenvalue weighted by Gasteiger charge is 2.32. The highest BCUT2D eigenvalue weighted by Crippen LogP contribution is 2.33. The first-order valence-corrected chi connectivity index (χ1v) is 8.37. The van der Waals surface area contributed by atoms with Crippen LogP contribution in [0.5, 0.6) is 0 Å². The van der Waals surface area contributed by atoms with Crippen molar-refractivity contribution in [2.45, 2.75) is 43.9 Å². The Hall–Kier alpha value is -1.77. The van der Waals surface area contributed by atoms with Gasteiger partial charge in [-0.2, -0.15) is 13.9 Å². The zero-order valence-electron chi connectivity index (χ0n) is 13.4. The maximum Gasteiger partial charge on any atom is 0.333 e. The average Bonchev–Trinajstić information content (AvgIpc) is 3.07. The third-order valence-corrected chi connectivity index (χ3v) is 4.73. The van der Waals surface area contributed by atoms with Crippen molar-refractivity contribution >= 4 is 17.3 Å². The molecule has 2 heterocycles. The van der Waals surface area contributed by atoms with E-state index < -0.39 is 12.2 Å². The van der Waals surface area contributed by atoms with Crippen LogP contribution in [-0.4, -0.2) is 43.2 Å². The quantitative estimate of drug-likeness (QED) is 0.702. The van der Waals surface area contributed by atoms with E-state index in [2.05, 4.69) is 15.4 Å². The van der Waals surface area contributed by atoms with Crippen molar-refractivity contribution in [1.82, 2.24) is 14.8 Å². The summed E-state index contributed by atoms with van der Waals surface area (Å²) in [6.07, 6.45) is 5.00. The summed E-state index contributed by atoms with van der Waals surface area (Å²) in [5, 5.41) is 26.8. The molecule has 25 heavy (non-hydrogen) atoms. The Kier molecular flexibility index (Phi) is 5.21. The second kappa shape index (κ2) is 7.23. The van der Waals surface area contributed by atoms with Crippen molar-refractivity contribution in [3.8, 4) is 11.3 Å². The number of pyridine rings is 1. The lowest BCUT2D eigenvalue weighted by Crippen LogP contribution is -2.41. The second-order valence-corrected chi connectivity index (χ2v) is 6.70. The van der Waals surface area contributed by atoms with Gasteiger partial charge < -0.3 is 15.5 Å². The molecule has 0 aromatic carbocycles. The Morgan fingerprint density at radius 3 is 2.72 bits per heavy atom. The van der Waals surface area contributed by atoms with Gasteiger partial charge in [-0.1, -0.05) is 11.6 Å². The number of rotatable bonds is 5. The van der Waals surface area contributed by atoms with Crippen LogP contribution < -0.4 is 5.32 Å². The maximum absolute atomic E-state index is 12.7. The molecule has 0 radical (unpaired) electrons. The molecule has 1 aliphatic rings. The Balaban J connectivity index is 1.80. The first-order valence-electron chi connectivity index (χ1n) is 7.99. The molecule has 0 saturated heterocycles. The Morgan fingerprint density at radius 1 is 1.40 bits per heavy atom. The van der Waals surface area contributed by atoms with Crippen LogP contribution in [0.2, 0.25) is 5.15 Å². The van der Waals surface area contributed by atoms with Gasteiger partial charge in [0.2, 0.25) is 0 Å². The zero-order chi connectivity index (χ0) is 18.0. The molecule has 1 saturated carbocycles. The van der Waals surface area contributed by atoms with Gasteiger partial charge in [0, 0.05) is 29.7 Å². The number of aliphatic hydroxyl groups is 2. The minimum atomic E-state index is -2.71. The summed E-state index contributed by atoms with van der Waals surface area (Å²) in [5.41, 5.74) is 0.577. The average molecular weight is 373 g/mol. The molecule has 3 rings (SSSR count). The van der Waals surface area contributed by atoms with Gasteiger partial charge in [-0.15, -0.1) is 0 Å². The summed E-state index contributed by atoms with van der Waals surface area (Å²) in [6, 6.07) is 3.19. The smallest absolute Gasteiger partial charge is 0.333 e. The van der Waals surface area contributed by atoms with Crippen LogP contribution in [0.4, 0.5) is 14.5 Å². The van der Waals surface area contributed by atoms with Crippen LogP contribution in [0.25, 0.3) is 11.3 Å². The highest BCUT2D eigenvalue weighted by atomic mass is 35.5. The predicted molar refractivity (Wildman–Crippen MR) is 89.6 cm³/mol. The van der Waals surface area contributed by atoms with Crippen LogP contribution >= 0.6 is 11.6 Å². The molecule has 0 amide bonds. The fraction of sp³-hybridized carbons (Fsp3) is 0.500. The van der Waals surface area contributed by atoms with Crippen molar-refractivity contribution in [3.63, 3.8) is 0 Å². The standard InChI is InChI=1S/C16H19ClF2N4O2/c17-14-7-13(21-10-1-4-16(25,9-24)5-2-10)11(8-20-14)12-3-6-23(22-12)15(18)19/h3,6-8,10,15,24-25H,1-2,4-5,9H2,(H,20,21). The molecule has 136 valence electrons. The van der Waals surface area contributed by atoms with Crippen LogP contribution in [-0.2, 0) is 0 Å². The summed E-state index contributed by atoms with van der Waals surface area (Å²) in [7, 11) is 0. The highest BCUT2D eigenvalue weighted by molar-refractivity contribution is 6.29. The zero-order valence-corrected chi connectivity index (χ0v) is 14.1. The van der Waals surface area contributed by atoms with Crippen LogP contribution in [0.1, 0.15) is 32.2 Å². The maximum atomic E-state index is 12.7. The van der Waals surface area contributed by atoms with Gasteiger partial charge in [0.25, 0.3) is 0 Å². The van der Waals surface area contributed by atoms with Crippen LogP contribution in [0.3, 0.4) is 0 Å². The monoisotopic (exact) mass is 372 g/mol. The van der Waals surface area contributed by atoms with E-state index in [1.807, 2.05) is 0 Å². The van der Waals surface area contributed by atoms with Crippen LogP contribution in [0.15, 0.2) is 24.5 Å². The van der Waals surface area contributed by atoms with Gasteiger partial charge in [-0.25, -0.2) is 9.67 Å². The minimum absolute atomic E-state index is 0.0706. The molecule has 1 fully saturated rings. The number of halogens is 3. The molecular formula is C16H19ClF2N4O2. The first-order chi connectivity index (χ1) is 11.9. The van der Waals surface area contributed by atoms with Crippen molar-refractivity contribution in [2.75, 3.05) is 11.9 Å². The summed E-state index contributed by atoms with van der Waals surface area (Å²) >= 11 is 5.98. The summed E-state index contributed by atoms with van der Waals surface area (Å²) < 4.78 is 26.1. The third kappa shape index (κ3) is 4.08. The molecule has 3 N–H and O–H groups in total. The van der Waals surface area contributed by atoms with Crippen LogP contribution in [0, 0.1) is 0 Å². The van der Waals surface area contributed by atoms with Gasteiger partial charge in [0.05, 0.1) is 17.9 Å². The van der Waals surface area contributed by atoms with Crippen molar-refractivity contribution < 1.29 is 19.0 Å². The van der Waals surface area contributed by atoms with E-state index in [9.17, 15) is 19.0 Å². The minimum Gasteiger partial charge on any atom is -0.393 e. The van der Waals surface area contributed by atoms with Gasteiger partial charge >= 0.3 is 6.55 Å². The lowest BCUT2D eigenvalue weighted by molar-refractivity contribution is -0.0438. The number of nitrogens with one attached hydrogen (secondary N) is 1. The number of nitrogens with zero attached hydrogens (tertiary/aromatic N) is 3. The molecule has 2 aromatic heterocycles. The Bertz CT molecular complexity index is 733. The largest absolute Gasteiger partial charge is 0.393 e. The van der Waals surface area contributed by atoms with E-state index in [1.54, 1.807) is 6.07 Å². The fourth-order valence-electron chi connectivity index (χ4n) is 3.02. The van der Waals surface area contributed by atoms with E-state index in [0.717, 1.165) is 0 Å². The molecule has 0 spiro atoms. The fourth-order valence-corrected chi connectivity index (χ4v) is 3.18. The van der Waals surface area contributed by atoms with Gasteiger partial charge in [0.1, 0.15) is 5.15 Å². The summed E-state index contributed by atoms with van der Waals surface area (Å²) in [5.74, 6) is 0. The predicted octanol–water partition coefficient (Wildman–Crippen LogP) is 3.07. The number of alkyl halides is 2. The van der Waals surface area contributed by atoms with Crippen molar-refractivity contribution in [1.29, 1.82) is 0 Å². The molecule has 2 aromatic rings. The Morgan fingerprint density at radius 2 is 2.12 bits per heavy atom. The molecule has 9 heteroatoms. The molecule has 6 nitrogen and oxygen atoms in total.